The number of halogens is 1. The Morgan fingerprint density at radius 3 is 3.00 bits per heavy atom. The van der Waals surface area contributed by atoms with Gasteiger partial charge in [0.25, 0.3) is 0 Å². The molecule has 0 atom stereocenters. The van der Waals surface area contributed by atoms with Crippen molar-refractivity contribution < 1.29 is 0 Å². The second-order valence-corrected chi connectivity index (χ2v) is 6.43. The van der Waals surface area contributed by atoms with Crippen molar-refractivity contribution in [3.8, 4) is 10.7 Å². The van der Waals surface area contributed by atoms with Crippen LogP contribution in [0.2, 0.25) is 0 Å². The van der Waals surface area contributed by atoms with Gasteiger partial charge in [-0.05, 0) is 47.3 Å². The van der Waals surface area contributed by atoms with Gasteiger partial charge in [0.1, 0.15) is 0 Å². The molecular weight excluding hydrogens is 310 g/mol. The molecule has 18 heavy (non-hydrogen) atoms. The summed E-state index contributed by atoms with van der Waals surface area (Å²) in [6.45, 7) is 2.91. The van der Waals surface area contributed by atoms with E-state index in [1.807, 2.05) is 6.20 Å². The van der Waals surface area contributed by atoms with Crippen LogP contribution in [-0.4, -0.2) is 16.0 Å². The number of aryl methyl sites for hydroxylation is 1. The van der Waals surface area contributed by atoms with E-state index in [-0.39, 0.29) is 0 Å². The highest BCUT2D eigenvalue weighted by Gasteiger charge is 2.20. The second kappa shape index (κ2) is 5.07. The van der Waals surface area contributed by atoms with Gasteiger partial charge in [-0.25, -0.2) is 9.97 Å². The second-order valence-electron chi connectivity index (χ2n) is 4.61. The molecule has 94 valence electrons. The van der Waals surface area contributed by atoms with Crippen LogP contribution in [0.15, 0.2) is 22.1 Å². The lowest BCUT2D eigenvalue weighted by molar-refractivity contribution is 0.670. The van der Waals surface area contributed by atoms with Gasteiger partial charge >= 0.3 is 0 Å². The van der Waals surface area contributed by atoms with Crippen LogP contribution in [0.5, 0.6) is 0 Å². The lowest BCUT2D eigenvalue weighted by atomic mass is 10.2. The number of aromatic nitrogens is 2. The lowest BCUT2D eigenvalue weighted by Crippen LogP contribution is -2.17. The smallest absolute Gasteiger partial charge is 0.169 e. The van der Waals surface area contributed by atoms with Crippen LogP contribution < -0.4 is 5.32 Å². The van der Waals surface area contributed by atoms with Gasteiger partial charge < -0.3 is 5.32 Å². The summed E-state index contributed by atoms with van der Waals surface area (Å²) in [4.78, 5) is 10.2. The van der Waals surface area contributed by atoms with Crippen molar-refractivity contribution in [1.82, 2.24) is 15.3 Å². The predicted molar refractivity (Wildman–Crippen MR) is 77.6 cm³/mol. The minimum Gasteiger partial charge on any atom is -0.308 e. The van der Waals surface area contributed by atoms with Gasteiger partial charge in [-0.2, -0.15) is 0 Å². The zero-order chi connectivity index (χ0) is 12.5. The Morgan fingerprint density at radius 2 is 2.33 bits per heavy atom. The monoisotopic (exact) mass is 323 g/mol. The van der Waals surface area contributed by atoms with Gasteiger partial charge in [0.2, 0.25) is 0 Å². The normalized spacial score (nSPS) is 15.0. The fourth-order valence-corrected chi connectivity index (χ4v) is 3.10. The third kappa shape index (κ3) is 2.79. The number of hydrogen-bond donors (Lipinski definition) is 1. The standard InChI is InChI=1S/C13H14BrN3S/c1-8-5-16-13(12-4-9(14)7-18-12)17-11(8)6-15-10-2-3-10/h4-5,7,10,15H,2-3,6H2,1H3. The summed E-state index contributed by atoms with van der Waals surface area (Å²) in [6.07, 6.45) is 4.52. The summed E-state index contributed by atoms with van der Waals surface area (Å²) < 4.78 is 1.09. The van der Waals surface area contributed by atoms with Gasteiger partial charge in [0.15, 0.2) is 5.82 Å². The number of nitrogens with one attached hydrogen (secondary N) is 1. The molecule has 1 saturated carbocycles. The third-order valence-corrected chi connectivity index (χ3v) is 4.69. The fraction of sp³-hybridized carbons (Fsp3) is 0.385. The molecule has 0 spiro atoms. The van der Waals surface area contributed by atoms with Crippen molar-refractivity contribution in [2.45, 2.75) is 32.4 Å². The first-order valence-electron chi connectivity index (χ1n) is 6.02. The highest BCUT2D eigenvalue weighted by molar-refractivity contribution is 9.10. The third-order valence-electron chi connectivity index (χ3n) is 3.00. The first-order valence-corrected chi connectivity index (χ1v) is 7.70. The van der Waals surface area contributed by atoms with Gasteiger partial charge in [-0.3, -0.25) is 0 Å². The fourth-order valence-electron chi connectivity index (χ4n) is 1.73. The molecule has 2 aromatic rings. The average molecular weight is 324 g/mol. The minimum atomic E-state index is 0.707. The van der Waals surface area contributed by atoms with Crippen molar-refractivity contribution in [2.24, 2.45) is 0 Å². The van der Waals surface area contributed by atoms with E-state index >= 15 is 0 Å². The lowest BCUT2D eigenvalue weighted by Gasteiger charge is -2.07. The molecule has 3 rings (SSSR count). The zero-order valence-corrected chi connectivity index (χ0v) is 12.5. The summed E-state index contributed by atoms with van der Waals surface area (Å²) in [5.74, 6) is 0.823. The van der Waals surface area contributed by atoms with E-state index in [2.05, 4.69) is 49.6 Å². The van der Waals surface area contributed by atoms with Crippen LogP contribution in [0, 0.1) is 6.92 Å². The Morgan fingerprint density at radius 1 is 1.50 bits per heavy atom. The maximum absolute atomic E-state index is 4.67. The molecule has 0 amide bonds. The van der Waals surface area contributed by atoms with Crippen molar-refractivity contribution in [3.05, 3.63) is 33.4 Å². The molecule has 3 nitrogen and oxygen atoms in total. The Hall–Kier alpha value is -0.780. The van der Waals surface area contributed by atoms with Crippen molar-refractivity contribution in [3.63, 3.8) is 0 Å². The Kier molecular flexibility index (Phi) is 3.46. The first kappa shape index (κ1) is 12.3. The summed E-state index contributed by atoms with van der Waals surface area (Å²) >= 11 is 5.12. The molecule has 2 aromatic heterocycles. The summed E-state index contributed by atoms with van der Waals surface area (Å²) in [5, 5.41) is 5.56. The van der Waals surface area contributed by atoms with Gasteiger partial charge in [-0.15, -0.1) is 11.3 Å². The van der Waals surface area contributed by atoms with E-state index in [9.17, 15) is 0 Å². The van der Waals surface area contributed by atoms with Crippen LogP contribution in [-0.2, 0) is 6.54 Å². The molecule has 0 bridgehead atoms. The number of thiophene rings is 1. The van der Waals surface area contributed by atoms with E-state index in [0.29, 0.717) is 6.04 Å². The van der Waals surface area contributed by atoms with E-state index in [0.717, 1.165) is 33.0 Å². The molecular formula is C13H14BrN3S. The Labute approximate surface area is 119 Å². The maximum Gasteiger partial charge on any atom is 0.169 e. The molecule has 0 unspecified atom stereocenters. The average Bonchev–Trinajstić information content (AvgIpc) is 3.09. The highest BCUT2D eigenvalue weighted by Crippen LogP contribution is 2.28. The molecule has 0 aromatic carbocycles. The molecule has 0 saturated heterocycles. The largest absolute Gasteiger partial charge is 0.308 e. The number of hydrogen-bond acceptors (Lipinski definition) is 4. The van der Waals surface area contributed by atoms with Crippen LogP contribution in [0.4, 0.5) is 0 Å². The topological polar surface area (TPSA) is 37.8 Å². The van der Waals surface area contributed by atoms with Crippen LogP contribution in [0.1, 0.15) is 24.1 Å². The SMILES string of the molecule is Cc1cnc(-c2cc(Br)cs2)nc1CNC1CC1. The van der Waals surface area contributed by atoms with E-state index in [1.165, 1.54) is 12.8 Å². The van der Waals surface area contributed by atoms with Crippen LogP contribution in [0.3, 0.4) is 0 Å². The first-order chi connectivity index (χ1) is 8.72. The molecule has 1 fully saturated rings. The summed E-state index contributed by atoms with van der Waals surface area (Å²) in [7, 11) is 0. The Balaban J connectivity index is 1.84. The van der Waals surface area contributed by atoms with E-state index in [4.69, 9.17) is 0 Å². The van der Waals surface area contributed by atoms with Crippen LogP contribution in [0.25, 0.3) is 10.7 Å². The summed E-state index contributed by atoms with van der Waals surface area (Å²) in [5.41, 5.74) is 2.26. The van der Waals surface area contributed by atoms with Crippen molar-refractivity contribution >= 4 is 27.3 Å². The molecule has 0 radical (unpaired) electrons. The molecule has 0 aliphatic heterocycles. The van der Waals surface area contributed by atoms with Crippen molar-refractivity contribution in [2.75, 3.05) is 0 Å². The quantitative estimate of drug-likeness (QED) is 0.935. The minimum absolute atomic E-state index is 0.707. The number of rotatable bonds is 4. The summed E-state index contributed by atoms with van der Waals surface area (Å²) in [6, 6.07) is 2.77. The molecule has 5 heteroatoms. The zero-order valence-electron chi connectivity index (χ0n) is 10.1. The molecule has 2 heterocycles. The highest BCUT2D eigenvalue weighted by atomic mass is 79.9. The molecule has 1 aliphatic carbocycles. The van der Waals surface area contributed by atoms with Gasteiger partial charge in [-0.1, -0.05) is 0 Å². The number of nitrogens with zero attached hydrogens (tertiary/aromatic N) is 2. The molecule has 1 aliphatic rings. The molecule has 1 N–H and O–H groups in total. The van der Waals surface area contributed by atoms with E-state index in [1.54, 1.807) is 11.3 Å². The van der Waals surface area contributed by atoms with Gasteiger partial charge in [0, 0.05) is 28.6 Å². The predicted octanol–water partition coefficient (Wildman–Crippen LogP) is 3.53. The van der Waals surface area contributed by atoms with Crippen molar-refractivity contribution in [1.29, 1.82) is 0 Å². The van der Waals surface area contributed by atoms with E-state index < -0.39 is 0 Å². The Bertz CT molecular complexity index is 563. The van der Waals surface area contributed by atoms with Crippen LogP contribution >= 0.6 is 27.3 Å². The van der Waals surface area contributed by atoms with Gasteiger partial charge in [0.05, 0.1) is 10.6 Å². The maximum atomic E-state index is 4.67.